The maximum atomic E-state index is 12.8. The van der Waals surface area contributed by atoms with E-state index in [1.165, 1.54) is 0 Å². The molecular weight excluding hydrogens is 394 g/mol. The van der Waals surface area contributed by atoms with Crippen LogP contribution in [-0.2, 0) is 16.8 Å². The molecule has 0 unspecified atom stereocenters. The number of rotatable bonds is 6. The standard InChI is InChI=1S/C24H29N3O2S/c1-15(2)21(27-22(28)16-10-12-17(13-11-16)24(3,4)5)23(29)25-14-20-26-18-8-6-7-9-19(18)30-20/h6-13,15,21H,14H2,1-5H3,(H,25,29)(H,27,28)/t21-/m0/s1. The highest BCUT2D eigenvalue weighted by Gasteiger charge is 2.25. The Morgan fingerprint density at radius 3 is 2.30 bits per heavy atom. The molecule has 0 bridgehead atoms. The molecule has 1 aromatic heterocycles. The summed E-state index contributed by atoms with van der Waals surface area (Å²) in [6.07, 6.45) is 0. The van der Waals surface area contributed by atoms with Crippen molar-refractivity contribution in [3.05, 3.63) is 64.7 Å². The highest BCUT2D eigenvalue weighted by Crippen LogP contribution is 2.23. The van der Waals surface area contributed by atoms with Gasteiger partial charge in [-0.15, -0.1) is 11.3 Å². The topological polar surface area (TPSA) is 71.1 Å². The number of nitrogens with zero attached hydrogens (tertiary/aromatic N) is 1. The van der Waals surface area contributed by atoms with Crippen molar-refractivity contribution >= 4 is 33.4 Å². The van der Waals surface area contributed by atoms with Gasteiger partial charge in [-0.2, -0.15) is 0 Å². The number of hydrogen-bond donors (Lipinski definition) is 2. The number of fused-ring (bicyclic) bond motifs is 1. The first-order valence-corrected chi connectivity index (χ1v) is 11.0. The summed E-state index contributed by atoms with van der Waals surface area (Å²) in [5, 5.41) is 6.65. The van der Waals surface area contributed by atoms with Crippen molar-refractivity contribution in [1.29, 1.82) is 0 Å². The van der Waals surface area contributed by atoms with Crippen LogP contribution in [0.2, 0.25) is 0 Å². The zero-order valence-electron chi connectivity index (χ0n) is 18.2. The minimum atomic E-state index is -0.617. The van der Waals surface area contributed by atoms with Gasteiger partial charge in [0.1, 0.15) is 11.0 Å². The van der Waals surface area contributed by atoms with E-state index in [4.69, 9.17) is 0 Å². The van der Waals surface area contributed by atoms with Gasteiger partial charge in [-0.25, -0.2) is 4.98 Å². The molecule has 1 heterocycles. The lowest BCUT2D eigenvalue weighted by Crippen LogP contribution is -2.49. The molecule has 2 amide bonds. The molecule has 0 saturated heterocycles. The molecule has 3 aromatic rings. The maximum absolute atomic E-state index is 12.8. The normalized spacial score (nSPS) is 12.7. The minimum absolute atomic E-state index is 0.0238. The third-order valence-corrected chi connectivity index (χ3v) is 6.04. The molecule has 0 saturated carbocycles. The molecular formula is C24H29N3O2S. The van der Waals surface area contributed by atoms with E-state index in [-0.39, 0.29) is 23.1 Å². The van der Waals surface area contributed by atoms with Crippen LogP contribution in [0.15, 0.2) is 48.5 Å². The Morgan fingerprint density at radius 1 is 1.03 bits per heavy atom. The molecule has 0 aliphatic rings. The minimum Gasteiger partial charge on any atom is -0.348 e. The van der Waals surface area contributed by atoms with E-state index in [2.05, 4.69) is 36.4 Å². The number of thiazole rings is 1. The van der Waals surface area contributed by atoms with Gasteiger partial charge in [-0.1, -0.05) is 58.9 Å². The average molecular weight is 424 g/mol. The number of amides is 2. The van der Waals surface area contributed by atoms with Crippen molar-refractivity contribution in [3.8, 4) is 0 Å². The first kappa shape index (κ1) is 22.0. The van der Waals surface area contributed by atoms with Gasteiger partial charge in [-0.3, -0.25) is 9.59 Å². The molecule has 1 atom stereocenters. The highest BCUT2D eigenvalue weighted by atomic mass is 32.1. The number of carbonyl (C=O) groups excluding carboxylic acids is 2. The average Bonchev–Trinajstić information content (AvgIpc) is 3.12. The predicted octanol–water partition coefficient (Wildman–Crippen LogP) is 4.66. The van der Waals surface area contributed by atoms with Gasteiger partial charge in [-0.05, 0) is 41.2 Å². The third-order valence-electron chi connectivity index (χ3n) is 5.00. The molecule has 0 aliphatic carbocycles. The monoisotopic (exact) mass is 423 g/mol. The second-order valence-corrected chi connectivity index (χ2v) is 9.93. The number of hydrogen-bond acceptors (Lipinski definition) is 4. The molecule has 30 heavy (non-hydrogen) atoms. The van der Waals surface area contributed by atoms with Crippen LogP contribution < -0.4 is 10.6 Å². The summed E-state index contributed by atoms with van der Waals surface area (Å²) in [6.45, 7) is 10.6. The Bertz CT molecular complexity index is 1000. The SMILES string of the molecule is CC(C)[C@H](NC(=O)c1ccc(C(C)(C)C)cc1)C(=O)NCc1nc2ccccc2s1. The summed E-state index contributed by atoms with van der Waals surface area (Å²) >= 11 is 1.56. The van der Waals surface area contributed by atoms with E-state index in [0.717, 1.165) is 20.8 Å². The number of benzene rings is 2. The molecule has 0 radical (unpaired) electrons. The van der Waals surface area contributed by atoms with Gasteiger partial charge in [0.15, 0.2) is 0 Å². The Labute approximate surface area is 181 Å². The van der Waals surface area contributed by atoms with Crippen molar-refractivity contribution < 1.29 is 9.59 Å². The van der Waals surface area contributed by atoms with Crippen LogP contribution in [0.5, 0.6) is 0 Å². The third kappa shape index (κ3) is 5.25. The Kier molecular flexibility index (Phi) is 6.56. The predicted molar refractivity (Wildman–Crippen MR) is 123 cm³/mol. The van der Waals surface area contributed by atoms with Gasteiger partial charge in [0.2, 0.25) is 5.91 Å². The number of aromatic nitrogens is 1. The Morgan fingerprint density at radius 2 is 1.70 bits per heavy atom. The number of para-hydroxylation sites is 1. The summed E-state index contributed by atoms with van der Waals surface area (Å²) in [4.78, 5) is 30.0. The summed E-state index contributed by atoms with van der Waals surface area (Å²) in [5.74, 6) is -0.494. The molecule has 158 valence electrons. The smallest absolute Gasteiger partial charge is 0.251 e. The van der Waals surface area contributed by atoms with Crippen molar-refractivity contribution in [2.45, 2.75) is 52.6 Å². The van der Waals surface area contributed by atoms with Gasteiger partial charge in [0, 0.05) is 5.56 Å². The van der Waals surface area contributed by atoms with E-state index >= 15 is 0 Å². The van der Waals surface area contributed by atoms with Crippen molar-refractivity contribution in [2.75, 3.05) is 0 Å². The van der Waals surface area contributed by atoms with Crippen LogP contribution in [0.25, 0.3) is 10.2 Å². The Balaban J connectivity index is 1.64. The van der Waals surface area contributed by atoms with Crippen LogP contribution in [-0.4, -0.2) is 22.8 Å². The van der Waals surface area contributed by atoms with E-state index in [9.17, 15) is 9.59 Å². The lowest BCUT2D eigenvalue weighted by molar-refractivity contribution is -0.124. The van der Waals surface area contributed by atoms with Gasteiger partial charge in [0.25, 0.3) is 5.91 Å². The largest absolute Gasteiger partial charge is 0.348 e. The lowest BCUT2D eigenvalue weighted by Gasteiger charge is -2.22. The van der Waals surface area contributed by atoms with Crippen molar-refractivity contribution in [2.24, 2.45) is 5.92 Å². The molecule has 0 fully saturated rings. The second kappa shape index (κ2) is 8.96. The zero-order chi connectivity index (χ0) is 21.9. The van der Waals surface area contributed by atoms with E-state index < -0.39 is 6.04 Å². The molecule has 2 N–H and O–H groups in total. The van der Waals surface area contributed by atoms with Crippen LogP contribution in [0.3, 0.4) is 0 Å². The number of carbonyl (C=O) groups is 2. The fourth-order valence-electron chi connectivity index (χ4n) is 3.15. The molecule has 2 aromatic carbocycles. The van der Waals surface area contributed by atoms with Crippen LogP contribution in [0.4, 0.5) is 0 Å². The zero-order valence-corrected chi connectivity index (χ0v) is 19.0. The van der Waals surface area contributed by atoms with Crippen molar-refractivity contribution in [1.82, 2.24) is 15.6 Å². The first-order chi connectivity index (χ1) is 14.1. The Hall–Kier alpha value is -2.73. The maximum Gasteiger partial charge on any atom is 0.251 e. The van der Waals surface area contributed by atoms with E-state index in [1.54, 1.807) is 11.3 Å². The van der Waals surface area contributed by atoms with Crippen LogP contribution >= 0.6 is 11.3 Å². The van der Waals surface area contributed by atoms with E-state index in [1.807, 2.05) is 62.4 Å². The highest BCUT2D eigenvalue weighted by molar-refractivity contribution is 7.18. The molecule has 5 nitrogen and oxygen atoms in total. The molecule has 3 rings (SSSR count). The van der Waals surface area contributed by atoms with Gasteiger partial charge >= 0.3 is 0 Å². The van der Waals surface area contributed by atoms with Crippen molar-refractivity contribution in [3.63, 3.8) is 0 Å². The summed E-state index contributed by atoms with van der Waals surface area (Å²) < 4.78 is 1.09. The fourth-order valence-corrected chi connectivity index (χ4v) is 4.06. The summed E-state index contributed by atoms with van der Waals surface area (Å²) in [5.41, 5.74) is 2.66. The number of nitrogens with one attached hydrogen (secondary N) is 2. The van der Waals surface area contributed by atoms with Gasteiger partial charge < -0.3 is 10.6 Å². The molecule has 0 spiro atoms. The van der Waals surface area contributed by atoms with E-state index in [0.29, 0.717) is 12.1 Å². The first-order valence-electron chi connectivity index (χ1n) is 10.2. The lowest BCUT2D eigenvalue weighted by atomic mass is 9.86. The van der Waals surface area contributed by atoms with Gasteiger partial charge in [0.05, 0.1) is 16.8 Å². The van der Waals surface area contributed by atoms with Crippen LogP contribution in [0.1, 0.15) is 55.5 Å². The fraction of sp³-hybridized carbons (Fsp3) is 0.375. The molecule has 0 aliphatic heterocycles. The second-order valence-electron chi connectivity index (χ2n) is 8.82. The quantitative estimate of drug-likeness (QED) is 0.605. The summed E-state index contributed by atoms with van der Waals surface area (Å²) in [7, 11) is 0. The van der Waals surface area contributed by atoms with Crippen LogP contribution in [0, 0.1) is 5.92 Å². The molecule has 6 heteroatoms. The summed E-state index contributed by atoms with van der Waals surface area (Å²) in [6, 6.07) is 14.8.